The normalized spacial score (nSPS) is 19.8. The monoisotopic (exact) mass is 369 g/mol. The number of aliphatic hydroxyl groups excluding tert-OH is 1. The summed E-state index contributed by atoms with van der Waals surface area (Å²) < 4.78 is 10.5. The first-order chi connectivity index (χ1) is 13.0. The van der Waals surface area contributed by atoms with E-state index in [0.717, 1.165) is 4.90 Å². The van der Waals surface area contributed by atoms with Crippen LogP contribution in [0.1, 0.15) is 27.6 Å². The van der Waals surface area contributed by atoms with E-state index in [4.69, 9.17) is 9.47 Å². The molecular weight excluding hydrogens is 350 g/mol. The lowest BCUT2D eigenvalue weighted by molar-refractivity contribution is -0.203. The van der Waals surface area contributed by atoms with Gasteiger partial charge in [0.2, 0.25) is 5.91 Å². The molecule has 3 rings (SSSR count). The summed E-state index contributed by atoms with van der Waals surface area (Å²) in [6.07, 6.45) is -2.01. The van der Waals surface area contributed by atoms with Gasteiger partial charge in [0.15, 0.2) is 13.0 Å². The Morgan fingerprint density at radius 2 is 1.52 bits per heavy atom. The lowest BCUT2D eigenvalue weighted by Gasteiger charge is -2.46. The molecule has 0 aromatic heterocycles. The second kappa shape index (κ2) is 8.01. The third kappa shape index (κ3) is 3.98. The fourth-order valence-corrected chi connectivity index (χ4v) is 2.81. The zero-order valence-corrected chi connectivity index (χ0v) is 14.6. The van der Waals surface area contributed by atoms with E-state index in [1.165, 1.54) is 6.92 Å². The fraction of sp³-hybridized carbons (Fsp3) is 0.250. The highest BCUT2D eigenvalue weighted by molar-refractivity contribution is 5.92. The van der Waals surface area contributed by atoms with E-state index in [1.54, 1.807) is 60.7 Å². The summed E-state index contributed by atoms with van der Waals surface area (Å²) in [5.74, 6) is -2.57. The predicted octanol–water partition coefficient (Wildman–Crippen LogP) is 1.82. The van der Waals surface area contributed by atoms with Crippen LogP contribution in [0.2, 0.25) is 0 Å². The van der Waals surface area contributed by atoms with Gasteiger partial charge in [-0.3, -0.25) is 9.69 Å². The number of carbonyl (C=O) groups is 3. The highest BCUT2D eigenvalue weighted by Gasteiger charge is 2.53. The molecule has 1 saturated heterocycles. The van der Waals surface area contributed by atoms with Gasteiger partial charge in [-0.25, -0.2) is 9.59 Å². The standard InChI is InChI=1S/C20H19NO6/c1-13(22)16-17(23)21(12-26-19(24)14-8-4-2-5-9-14)18(16)27-20(25)15-10-6-3-7-11-15/h2-11,13,16,18,22H,12H2,1H3/t13?,16-,18+/m0/s1. The number of hydrogen-bond donors (Lipinski definition) is 1. The zero-order chi connectivity index (χ0) is 19.4. The van der Waals surface area contributed by atoms with Crippen LogP contribution >= 0.6 is 0 Å². The number of likely N-dealkylation sites (tertiary alicyclic amines) is 1. The number of amides is 1. The maximum Gasteiger partial charge on any atom is 0.340 e. The first kappa shape index (κ1) is 18.6. The first-order valence-corrected chi connectivity index (χ1v) is 8.46. The Bertz CT molecular complexity index is 821. The summed E-state index contributed by atoms with van der Waals surface area (Å²) >= 11 is 0. The lowest BCUT2D eigenvalue weighted by Crippen LogP contribution is -2.66. The summed E-state index contributed by atoms with van der Waals surface area (Å²) in [6, 6.07) is 16.6. The molecule has 7 nitrogen and oxygen atoms in total. The Morgan fingerprint density at radius 3 is 2.04 bits per heavy atom. The minimum atomic E-state index is -1.01. The molecule has 0 bridgehead atoms. The number of nitrogens with zero attached hydrogens (tertiary/aromatic N) is 1. The van der Waals surface area contributed by atoms with Gasteiger partial charge in [0, 0.05) is 0 Å². The third-order valence-corrected chi connectivity index (χ3v) is 4.28. The fourth-order valence-electron chi connectivity index (χ4n) is 2.81. The first-order valence-electron chi connectivity index (χ1n) is 8.46. The molecule has 1 heterocycles. The van der Waals surface area contributed by atoms with Gasteiger partial charge in [0.25, 0.3) is 0 Å². The molecule has 1 unspecified atom stereocenters. The maximum absolute atomic E-state index is 12.3. The summed E-state index contributed by atoms with van der Waals surface area (Å²) in [5, 5.41) is 9.82. The van der Waals surface area contributed by atoms with Gasteiger partial charge >= 0.3 is 11.9 Å². The van der Waals surface area contributed by atoms with E-state index >= 15 is 0 Å². The molecule has 3 atom stereocenters. The minimum Gasteiger partial charge on any atom is -0.440 e. The molecule has 2 aromatic carbocycles. The molecule has 0 radical (unpaired) electrons. The molecule has 1 aliphatic heterocycles. The average molecular weight is 369 g/mol. The maximum atomic E-state index is 12.3. The van der Waals surface area contributed by atoms with Gasteiger partial charge in [0.1, 0.15) is 5.92 Å². The van der Waals surface area contributed by atoms with Gasteiger partial charge in [-0.15, -0.1) is 0 Å². The van der Waals surface area contributed by atoms with E-state index in [0.29, 0.717) is 11.1 Å². The van der Waals surface area contributed by atoms with E-state index < -0.39 is 36.1 Å². The Hall–Kier alpha value is -3.19. The van der Waals surface area contributed by atoms with Gasteiger partial charge in [-0.05, 0) is 31.2 Å². The SMILES string of the molecule is CC(O)[C@H]1C(=O)N(COC(=O)c2ccccc2)[C@@H]1OC(=O)c1ccccc1. The summed E-state index contributed by atoms with van der Waals surface area (Å²) in [5.41, 5.74) is 0.665. The highest BCUT2D eigenvalue weighted by atomic mass is 16.6. The van der Waals surface area contributed by atoms with E-state index in [9.17, 15) is 19.5 Å². The lowest BCUT2D eigenvalue weighted by atomic mass is 9.91. The molecule has 1 amide bonds. The third-order valence-electron chi connectivity index (χ3n) is 4.28. The van der Waals surface area contributed by atoms with Crippen LogP contribution in [0.15, 0.2) is 60.7 Å². The predicted molar refractivity (Wildman–Crippen MR) is 94.4 cm³/mol. The zero-order valence-electron chi connectivity index (χ0n) is 14.6. The van der Waals surface area contributed by atoms with Crippen LogP contribution < -0.4 is 0 Å². The van der Waals surface area contributed by atoms with Crippen molar-refractivity contribution in [1.82, 2.24) is 4.90 Å². The molecule has 1 aliphatic rings. The number of hydrogen-bond acceptors (Lipinski definition) is 6. The molecule has 27 heavy (non-hydrogen) atoms. The summed E-state index contributed by atoms with van der Waals surface area (Å²) in [4.78, 5) is 37.7. The van der Waals surface area contributed by atoms with E-state index in [1.807, 2.05) is 0 Å². The molecule has 1 fully saturated rings. The number of aliphatic hydroxyl groups is 1. The van der Waals surface area contributed by atoms with Crippen molar-refractivity contribution >= 4 is 17.8 Å². The van der Waals surface area contributed by atoms with E-state index in [-0.39, 0.29) is 6.73 Å². The Kier molecular flexibility index (Phi) is 5.52. The molecule has 140 valence electrons. The number of ether oxygens (including phenoxy) is 2. The second-order valence-corrected chi connectivity index (χ2v) is 6.16. The molecule has 7 heteroatoms. The number of carbonyl (C=O) groups excluding carboxylic acids is 3. The van der Waals surface area contributed by atoms with Gasteiger partial charge in [-0.2, -0.15) is 0 Å². The van der Waals surface area contributed by atoms with Crippen molar-refractivity contribution in [3.63, 3.8) is 0 Å². The van der Waals surface area contributed by atoms with E-state index in [2.05, 4.69) is 0 Å². The Labute approximate surface area is 156 Å². The quantitative estimate of drug-likeness (QED) is 0.617. The van der Waals surface area contributed by atoms with Crippen LogP contribution in [-0.2, 0) is 14.3 Å². The summed E-state index contributed by atoms with van der Waals surface area (Å²) in [7, 11) is 0. The topological polar surface area (TPSA) is 93.1 Å². The molecule has 0 saturated carbocycles. The van der Waals surface area contributed by atoms with Crippen LogP contribution in [-0.4, -0.2) is 46.9 Å². The van der Waals surface area contributed by atoms with Crippen molar-refractivity contribution in [3.8, 4) is 0 Å². The van der Waals surface area contributed by atoms with Crippen molar-refractivity contribution < 1.29 is 29.0 Å². The largest absolute Gasteiger partial charge is 0.440 e. The molecule has 0 spiro atoms. The Morgan fingerprint density at radius 1 is 1.00 bits per heavy atom. The van der Waals surface area contributed by atoms with Gasteiger partial charge in [0.05, 0.1) is 17.2 Å². The molecule has 0 aliphatic carbocycles. The second-order valence-electron chi connectivity index (χ2n) is 6.16. The van der Waals surface area contributed by atoms with Crippen LogP contribution in [0.3, 0.4) is 0 Å². The number of benzene rings is 2. The van der Waals surface area contributed by atoms with Crippen LogP contribution in [0, 0.1) is 5.92 Å². The minimum absolute atomic E-state index is 0.322. The average Bonchev–Trinajstić information content (AvgIpc) is 2.68. The number of β-lactam (4-membered cyclic amide) rings is 1. The molecular formula is C20H19NO6. The highest BCUT2D eigenvalue weighted by Crippen LogP contribution is 2.31. The summed E-state index contributed by atoms with van der Waals surface area (Å²) in [6.45, 7) is 1.07. The van der Waals surface area contributed by atoms with Crippen LogP contribution in [0.25, 0.3) is 0 Å². The molecule has 1 N–H and O–H groups in total. The van der Waals surface area contributed by atoms with Crippen molar-refractivity contribution in [2.75, 3.05) is 6.73 Å². The van der Waals surface area contributed by atoms with Crippen molar-refractivity contribution in [2.24, 2.45) is 5.92 Å². The smallest absolute Gasteiger partial charge is 0.340 e. The van der Waals surface area contributed by atoms with Crippen molar-refractivity contribution in [2.45, 2.75) is 19.3 Å². The van der Waals surface area contributed by atoms with Crippen LogP contribution in [0.4, 0.5) is 0 Å². The van der Waals surface area contributed by atoms with Gasteiger partial charge in [-0.1, -0.05) is 36.4 Å². The number of esters is 2. The van der Waals surface area contributed by atoms with Gasteiger partial charge < -0.3 is 14.6 Å². The van der Waals surface area contributed by atoms with Crippen LogP contribution in [0.5, 0.6) is 0 Å². The number of rotatable bonds is 6. The Balaban J connectivity index is 1.66. The van der Waals surface area contributed by atoms with Crippen molar-refractivity contribution in [3.05, 3.63) is 71.8 Å². The van der Waals surface area contributed by atoms with Crippen molar-refractivity contribution in [1.29, 1.82) is 0 Å². The molecule has 2 aromatic rings.